The Hall–Kier alpha value is -3.78. The summed E-state index contributed by atoms with van der Waals surface area (Å²) in [6.45, 7) is -3.40. The van der Waals surface area contributed by atoms with E-state index in [0.29, 0.717) is 11.6 Å². The van der Waals surface area contributed by atoms with Gasteiger partial charge in [0.2, 0.25) is 0 Å². The summed E-state index contributed by atoms with van der Waals surface area (Å²) in [5.74, 6) is 1.36. The van der Waals surface area contributed by atoms with Crippen molar-refractivity contribution in [3.63, 3.8) is 0 Å². The molecule has 222 valence electrons. The highest BCUT2D eigenvalue weighted by Gasteiger charge is 2.38. The van der Waals surface area contributed by atoms with Crippen molar-refractivity contribution in [2.24, 2.45) is 13.0 Å². The van der Waals surface area contributed by atoms with Crippen LogP contribution < -0.4 is 10.9 Å². The fraction of sp³-hybridized carbons (Fsp3) is 0.464. The largest absolute Gasteiger partial charge is 0.419 e. The zero-order valence-corrected chi connectivity index (χ0v) is 22.6. The van der Waals surface area contributed by atoms with Crippen LogP contribution in [0.1, 0.15) is 65.7 Å². The van der Waals surface area contributed by atoms with Crippen LogP contribution in [0.3, 0.4) is 0 Å². The molecule has 2 aliphatic carbocycles. The molecule has 1 N–H and O–H groups in total. The third kappa shape index (κ3) is 5.91. The first-order valence-electron chi connectivity index (χ1n) is 13.7. The summed E-state index contributed by atoms with van der Waals surface area (Å²) in [6.07, 6.45) is 3.29. The highest BCUT2D eigenvalue weighted by molar-refractivity contribution is 5.62. The van der Waals surface area contributed by atoms with E-state index in [9.17, 15) is 26.7 Å². The molecule has 0 aliphatic heterocycles. The molecule has 4 aromatic heterocycles. The van der Waals surface area contributed by atoms with Crippen LogP contribution >= 0.6 is 0 Å². The lowest BCUT2D eigenvalue weighted by molar-refractivity contribution is -0.136. The van der Waals surface area contributed by atoms with Crippen LogP contribution in [-0.2, 0) is 24.5 Å². The second-order valence-corrected chi connectivity index (χ2v) is 10.8. The van der Waals surface area contributed by atoms with Crippen LogP contribution in [0.25, 0.3) is 16.9 Å². The smallest absolute Gasteiger partial charge is 0.322 e. The zero-order valence-electron chi connectivity index (χ0n) is 22.6. The SMILES string of the molecule is Cn1cnnc1[C@H](c1cc(-c2cnc3c(C(F)(F)F)cc(CNCCOC(F)F)cn3c2=O)nc(C2CC2)c1)C1CC1. The van der Waals surface area contributed by atoms with Crippen molar-refractivity contribution in [2.45, 2.75) is 56.9 Å². The number of hydrogen-bond acceptors (Lipinski definition) is 7. The van der Waals surface area contributed by atoms with Crippen LogP contribution in [0, 0.1) is 5.92 Å². The summed E-state index contributed by atoms with van der Waals surface area (Å²) in [7, 11) is 1.88. The number of nitrogens with zero attached hydrogens (tertiary/aromatic N) is 6. The highest BCUT2D eigenvalue weighted by Crippen LogP contribution is 2.48. The van der Waals surface area contributed by atoms with Gasteiger partial charge < -0.3 is 14.6 Å². The van der Waals surface area contributed by atoms with Gasteiger partial charge in [-0.1, -0.05) is 0 Å². The molecule has 6 rings (SSSR count). The Morgan fingerprint density at radius 2 is 1.93 bits per heavy atom. The number of alkyl halides is 5. The van der Waals surface area contributed by atoms with E-state index in [0.717, 1.165) is 59.4 Å². The van der Waals surface area contributed by atoms with Crippen molar-refractivity contribution in [1.29, 1.82) is 0 Å². The lowest BCUT2D eigenvalue weighted by atomic mass is 9.91. The minimum absolute atomic E-state index is 0.0226. The van der Waals surface area contributed by atoms with Gasteiger partial charge >= 0.3 is 12.8 Å². The molecule has 0 saturated heterocycles. The number of rotatable bonds is 11. The predicted octanol–water partition coefficient (Wildman–Crippen LogP) is 4.65. The molecule has 4 aromatic rings. The van der Waals surface area contributed by atoms with Gasteiger partial charge in [0.1, 0.15) is 12.2 Å². The minimum Gasteiger partial charge on any atom is -0.322 e. The van der Waals surface area contributed by atoms with E-state index < -0.39 is 29.6 Å². The van der Waals surface area contributed by atoms with E-state index in [-0.39, 0.29) is 42.7 Å². The number of hydrogen-bond donors (Lipinski definition) is 1. The molecule has 2 saturated carbocycles. The normalized spacial score (nSPS) is 16.5. The first-order chi connectivity index (χ1) is 20.1. The number of aromatic nitrogens is 6. The van der Waals surface area contributed by atoms with Crippen molar-refractivity contribution < 1.29 is 26.7 Å². The molecule has 0 amide bonds. The lowest BCUT2D eigenvalue weighted by Crippen LogP contribution is -2.24. The van der Waals surface area contributed by atoms with E-state index in [2.05, 4.69) is 25.2 Å². The third-order valence-electron chi connectivity index (χ3n) is 7.63. The molecular formula is C28H28F5N7O2. The van der Waals surface area contributed by atoms with E-state index in [4.69, 9.17) is 4.98 Å². The summed E-state index contributed by atoms with van der Waals surface area (Å²) in [4.78, 5) is 22.6. The number of ether oxygens (including phenoxy) is 1. The monoisotopic (exact) mass is 589 g/mol. The Kier molecular flexibility index (Phi) is 7.51. The molecule has 0 unspecified atom stereocenters. The van der Waals surface area contributed by atoms with Crippen molar-refractivity contribution >= 4 is 5.65 Å². The van der Waals surface area contributed by atoms with Crippen LogP contribution in [0.15, 0.2) is 41.7 Å². The van der Waals surface area contributed by atoms with E-state index in [1.807, 2.05) is 23.7 Å². The maximum atomic E-state index is 14.0. The van der Waals surface area contributed by atoms with Gasteiger partial charge in [-0.25, -0.2) is 4.98 Å². The summed E-state index contributed by atoms with van der Waals surface area (Å²) in [5.41, 5.74) is 0.0125. The fourth-order valence-corrected chi connectivity index (χ4v) is 5.29. The lowest BCUT2D eigenvalue weighted by Gasteiger charge is -2.18. The summed E-state index contributed by atoms with van der Waals surface area (Å²) >= 11 is 0. The quantitative estimate of drug-likeness (QED) is 0.201. The average molecular weight is 590 g/mol. The van der Waals surface area contributed by atoms with Crippen LogP contribution in [-0.4, -0.2) is 48.9 Å². The van der Waals surface area contributed by atoms with Gasteiger partial charge in [-0.3, -0.25) is 14.2 Å². The Bertz CT molecular complexity index is 1660. The van der Waals surface area contributed by atoms with E-state index >= 15 is 0 Å². The van der Waals surface area contributed by atoms with Crippen LogP contribution in [0.4, 0.5) is 22.0 Å². The second kappa shape index (κ2) is 11.1. The molecule has 42 heavy (non-hydrogen) atoms. The summed E-state index contributed by atoms with van der Waals surface area (Å²) in [5, 5.41) is 11.2. The van der Waals surface area contributed by atoms with Gasteiger partial charge in [-0.15, -0.1) is 10.2 Å². The molecule has 0 aromatic carbocycles. The average Bonchev–Trinajstić information content (AvgIpc) is 3.87. The number of nitrogens with one attached hydrogen (secondary N) is 1. The zero-order chi connectivity index (χ0) is 29.6. The number of aryl methyl sites for hydroxylation is 1. The van der Waals surface area contributed by atoms with Gasteiger partial charge in [0.15, 0.2) is 5.65 Å². The highest BCUT2D eigenvalue weighted by atomic mass is 19.4. The number of pyridine rings is 2. The summed E-state index contributed by atoms with van der Waals surface area (Å²) < 4.78 is 73.4. The van der Waals surface area contributed by atoms with Crippen LogP contribution in [0.2, 0.25) is 0 Å². The van der Waals surface area contributed by atoms with Crippen molar-refractivity contribution in [3.8, 4) is 11.3 Å². The third-order valence-corrected chi connectivity index (χ3v) is 7.63. The fourth-order valence-electron chi connectivity index (χ4n) is 5.29. The molecular weight excluding hydrogens is 561 g/mol. The maximum Gasteiger partial charge on any atom is 0.419 e. The van der Waals surface area contributed by atoms with E-state index in [1.165, 1.54) is 6.20 Å². The number of fused-ring (bicyclic) bond motifs is 1. The molecule has 9 nitrogen and oxygen atoms in total. The van der Waals surface area contributed by atoms with Crippen molar-refractivity contribution in [2.75, 3.05) is 13.2 Å². The van der Waals surface area contributed by atoms with Gasteiger partial charge in [0, 0.05) is 50.1 Å². The van der Waals surface area contributed by atoms with Crippen molar-refractivity contribution in [1.82, 2.24) is 34.4 Å². The molecule has 2 fully saturated rings. The first-order valence-corrected chi connectivity index (χ1v) is 13.7. The molecule has 14 heteroatoms. The number of halogens is 5. The molecule has 1 atom stereocenters. The second-order valence-electron chi connectivity index (χ2n) is 10.8. The Morgan fingerprint density at radius 1 is 1.14 bits per heavy atom. The predicted molar refractivity (Wildman–Crippen MR) is 141 cm³/mol. The Balaban J connectivity index is 1.42. The maximum absolute atomic E-state index is 14.0. The van der Waals surface area contributed by atoms with Gasteiger partial charge in [-0.2, -0.15) is 22.0 Å². The minimum atomic E-state index is -4.79. The molecule has 0 spiro atoms. The standard InChI is InChI=1S/C28H28F5N7O2/c1-39-14-36-38-25(39)23(17-4-5-17)18-9-21(16-2-3-16)37-22(10-18)19-12-35-24-20(28(31,32)33)8-15(13-40(24)26(19)41)11-34-6-7-42-27(29)30/h8-10,12-14,16-17,23,27,34H,2-7,11H2,1H3/t23-/m0/s1. The Morgan fingerprint density at radius 3 is 2.57 bits per heavy atom. The van der Waals surface area contributed by atoms with Crippen LogP contribution in [0.5, 0.6) is 0 Å². The van der Waals surface area contributed by atoms with Gasteiger partial charge in [0.05, 0.1) is 23.4 Å². The first kappa shape index (κ1) is 28.3. The van der Waals surface area contributed by atoms with E-state index in [1.54, 1.807) is 6.33 Å². The molecule has 0 bridgehead atoms. The molecule has 0 radical (unpaired) electrons. The molecule has 4 heterocycles. The Labute approximate surface area is 236 Å². The van der Waals surface area contributed by atoms with Gasteiger partial charge in [0.25, 0.3) is 5.56 Å². The molecule has 2 aliphatic rings. The topological polar surface area (TPSA) is 99.2 Å². The summed E-state index contributed by atoms with van der Waals surface area (Å²) in [6, 6.07) is 4.76. The van der Waals surface area contributed by atoms with Gasteiger partial charge in [-0.05, 0) is 60.9 Å². The van der Waals surface area contributed by atoms with Crippen molar-refractivity contribution in [3.05, 3.63) is 75.5 Å².